The minimum Gasteiger partial charge on any atom is -0.351 e. The highest BCUT2D eigenvalue weighted by atomic mass is 35.5. The van der Waals surface area contributed by atoms with Crippen LogP contribution in [0.4, 0.5) is 4.39 Å². The fourth-order valence-corrected chi connectivity index (χ4v) is 2.58. The molecule has 2 aromatic heterocycles. The van der Waals surface area contributed by atoms with Crippen molar-refractivity contribution in [2.75, 3.05) is 19.6 Å². The highest BCUT2D eigenvalue weighted by Gasteiger charge is 2.19. The van der Waals surface area contributed by atoms with Gasteiger partial charge in [-0.3, -0.25) is 4.79 Å². The quantitative estimate of drug-likeness (QED) is 0.644. The van der Waals surface area contributed by atoms with Crippen molar-refractivity contribution in [3.63, 3.8) is 0 Å². The van der Waals surface area contributed by atoms with E-state index in [0.29, 0.717) is 41.0 Å². The van der Waals surface area contributed by atoms with Gasteiger partial charge in [0.2, 0.25) is 0 Å². The van der Waals surface area contributed by atoms with Crippen molar-refractivity contribution in [3.8, 4) is 11.3 Å². The Morgan fingerprint density at radius 3 is 2.65 bits per heavy atom. The zero-order chi connectivity index (χ0) is 17.8. The van der Waals surface area contributed by atoms with Gasteiger partial charge in [-0.2, -0.15) is 0 Å². The number of benzene rings is 1. The van der Waals surface area contributed by atoms with E-state index in [-0.39, 0.29) is 29.8 Å². The van der Waals surface area contributed by atoms with Crippen LogP contribution in [0.15, 0.2) is 34.9 Å². The second-order valence-corrected chi connectivity index (χ2v) is 5.62. The molecule has 0 spiro atoms. The fourth-order valence-electron chi connectivity index (χ4n) is 2.58. The Labute approximate surface area is 156 Å². The average Bonchev–Trinajstić information content (AvgIpc) is 2.99. The topological polar surface area (TPSA) is 80.0 Å². The third kappa shape index (κ3) is 4.17. The fraction of sp³-hybridized carbons (Fsp3) is 0.278. The van der Waals surface area contributed by atoms with Gasteiger partial charge >= 0.3 is 0 Å². The first-order chi connectivity index (χ1) is 12.1. The summed E-state index contributed by atoms with van der Waals surface area (Å²) in [4.78, 5) is 17.0. The molecule has 138 valence electrons. The van der Waals surface area contributed by atoms with Gasteiger partial charge in [-0.25, -0.2) is 9.37 Å². The number of carbonyl (C=O) groups is 1. The molecule has 0 aliphatic rings. The lowest BCUT2D eigenvalue weighted by Gasteiger charge is -2.08. The van der Waals surface area contributed by atoms with Gasteiger partial charge in [0.25, 0.3) is 11.6 Å². The van der Waals surface area contributed by atoms with Gasteiger partial charge in [0.15, 0.2) is 0 Å². The number of hydrogen-bond donors (Lipinski definition) is 2. The van der Waals surface area contributed by atoms with E-state index in [9.17, 15) is 9.18 Å². The molecule has 2 N–H and O–H groups in total. The largest absolute Gasteiger partial charge is 0.351 e. The molecule has 0 unspecified atom stereocenters. The standard InChI is InChI=1S/C18H19FN4O2.ClH/c1-3-20-8-9-21-17(24)14-10-15(12-4-6-13(19)7-5-12)22-18-16(14)11(2)23-25-18;/h4-7,10,20H,3,8-9H2,1-2H3,(H,21,24);1H. The SMILES string of the molecule is CCNCCNC(=O)c1cc(-c2ccc(F)cc2)nc2onc(C)c12.Cl. The molecule has 3 rings (SSSR count). The summed E-state index contributed by atoms with van der Waals surface area (Å²) in [5, 5.41) is 10.5. The summed E-state index contributed by atoms with van der Waals surface area (Å²) in [5.74, 6) is -0.554. The lowest BCUT2D eigenvalue weighted by molar-refractivity contribution is 0.0955. The summed E-state index contributed by atoms with van der Waals surface area (Å²) in [6.07, 6.45) is 0. The molecule has 1 aromatic carbocycles. The number of pyridine rings is 1. The number of amides is 1. The molecule has 8 heteroatoms. The molecule has 1 amide bonds. The molecule has 0 aliphatic heterocycles. The third-order valence-electron chi connectivity index (χ3n) is 3.84. The van der Waals surface area contributed by atoms with E-state index in [2.05, 4.69) is 20.8 Å². The molecule has 0 radical (unpaired) electrons. The number of rotatable bonds is 6. The first-order valence-corrected chi connectivity index (χ1v) is 8.12. The molecule has 6 nitrogen and oxygen atoms in total. The Morgan fingerprint density at radius 1 is 1.23 bits per heavy atom. The number of hydrogen-bond acceptors (Lipinski definition) is 5. The van der Waals surface area contributed by atoms with E-state index in [1.165, 1.54) is 12.1 Å². The number of nitrogens with zero attached hydrogens (tertiary/aromatic N) is 2. The number of fused-ring (bicyclic) bond motifs is 1. The Bertz CT molecular complexity index is 896. The van der Waals surface area contributed by atoms with Gasteiger partial charge in [0, 0.05) is 18.7 Å². The van der Waals surface area contributed by atoms with Crippen LogP contribution in [-0.4, -0.2) is 35.7 Å². The van der Waals surface area contributed by atoms with Crippen LogP contribution in [0.1, 0.15) is 23.0 Å². The second-order valence-electron chi connectivity index (χ2n) is 5.62. The van der Waals surface area contributed by atoms with Crippen molar-refractivity contribution >= 4 is 29.4 Å². The lowest BCUT2D eigenvalue weighted by atomic mass is 10.1. The molecule has 0 bridgehead atoms. The lowest BCUT2D eigenvalue weighted by Crippen LogP contribution is -2.31. The molecule has 0 fully saturated rings. The molecule has 3 aromatic rings. The summed E-state index contributed by atoms with van der Waals surface area (Å²) >= 11 is 0. The maximum absolute atomic E-state index is 13.1. The number of carbonyl (C=O) groups excluding carboxylic acids is 1. The molecular formula is C18H20ClFN4O2. The molecule has 26 heavy (non-hydrogen) atoms. The Balaban J connectivity index is 0.00000243. The summed E-state index contributed by atoms with van der Waals surface area (Å²) < 4.78 is 18.4. The van der Waals surface area contributed by atoms with Gasteiger partial charge in [-0.05, 0) is 43.8 Å². The zero-order valence-corrected chi connectivity index (χ0v) is 15.3. The number of aryl methyl sites for hydroxylation is 1. The van der Waals surface area contributed by atoms with Gasteiger partial charge in [0.05, 0.1) is 22.3 Å². The second kappa shape index (κ2) is 8.73. The maximum Gasteiger partial charge on any atom is 0.259 e. The number of nitrogens with one attached hydrogen (secondary N) is 2. The molecule has 0 atom stereocenters. The molecule has 2 heterocycles. The third-order valence-corrected chi connectivity index (χ3v) is 3.84. The minimum atomic E-state index is -0.332. The predicted octanol–water partition coefficient (Wildman–Crippen LogP) is 3.10. The van der Waals surface area contributed by atoms with Crippen LogP contribution in [-0.2, 0) is 0 Å². The number of aromatic nitrogens is 2. The maximum atomic E-state index is 13.1. The first kappa shape index (κ1) is 19.8. The number of likely N-dealkylation sites (N-methyl/N-ethyl adjacent to an activating group) is 1. The van der Waals surface area contributed by atoms with E-state index >= 15 is 0 Å². The Hall–Kier alpha value is -2.51. The molecule has 0 aliphatic carbocycles. The van der Waals surface area contributed by atoms with E-state index in [1.54, 1.807) is 25.1 Å². The first-order valence-electron chi connectivity index (χ1n) is 8.12. The predicted molar refractivity (Wildman–Crippen MR) is 100 cm³/mol. The molecule has 0 saturated carbocycles. The minimum absolute atomic E-state index is 0. The van der Waals surface area contributed by atoms with Crippen LogP contribution in [0, 0.1) is 12.7 Å². The zero-order valence-electron chi connectivity index (χ0n) is 14.5. The molecule has 0 saturated heterocycles. The van der Waals surface area contributed by atoms with Crippen LogP contribution >= 0.6 is 12.4 Å². The van der Waals surface area contributed by atoms with Crippen molar-refractivity contribution < 1.29 is 13.7 Å². The van der Waals surface area contributed by atoms with E-state index in [1.807, 2.05) is 6.92 Å². The van der Waals surface area contributed by atoms with Crippen molar-refractivity contribution in [1.82, 2.24) is 20.8 Å². The summed E-state index contributed by atoms with van der Waals surface area (Å²) in [6.45, 7) is 5.80. The highest BCUT2D eigenvalue weighted by Crippen LogP contribution is 2.27. The van der Waals surface area contributed by atoms with E-state index in [4.69, 9.17) is 4.52 Å². The average molecular weight is 379 g/mol. The van der Waals surface area contributed by atoms with Crippen molar-refractivity contribution in [2.45, 2.75) is 13.8 Å². The van der Waals surface area contributed by atoms with E-state index in [0.717, 1.165) is 6.54 Å². The van der Waals surface area contributed by atoms with Crippen molar-refractivity contribution in [3.05, 3.63) is 47.4 Å². The Morgan fingerprint density at radius 2 is 1.96 bits per heavy atom. The normalized spacial score (nSPS) is 10.6. The summed E-state index contributed by atoms with van der Waals surface area (Å²) in [5.41, 5.74) is 2.56. The monoisotopic (exact) mass is 378 g/mol. The van der Waals surface area contributed by atoms with Crippen molar-refractivity contribution in [2.24, 2.45) is 0 Å². The van der Waals surface area contributed by atoms with Crippen LogP contribution in [0.3, 0.4) is 0 Å². The van der Waals surface area contributed by atoms with Gasteiger partial charge in [-0.1, -0.05) is 12.1 Å². The molecular weight excluding hydrogens is 359 g/mol. The summed E-state index contributed by atoms with van der Waals surface area (Å²) in [6, 6.07) is 7.60. The van der Waals surface area contributed by atoms with Gasteiger partial charge in [-0.15, -0.1) is 12.4 Å². The van der Waals surface area contributed by atoms with Gasteiger partial charge < -0.3 is 15.2 Å². The Kier molecular flexibility index (Phi) is 6.65. The number of halogens is 2. The van der Waals surface area contributed by atoms with Crippen LogP contribution in [0.2, 0.25) is 0 Å². The van der Waals surface area contributed by atoms with Crippen LogP contribution in [0.5, 0.6) is 0 Å². The van der Waals surface area contributed by atoms with E-state index < -0.39 is 0 Å². The van der Waals surface area contributed by atoms with Gasteiger partial charge in [0.1, 0.15) is 5.82 Å². The van der Waals surface area contributed by atoms with Crippen molar-refractivity contribution in [1.29, 1.82) is 0 Å². The van der Waals surface area contributed by atoms with Crippen LogP contribution < -0.4 is 10.6 Å². The smallest absolute Gasteiger partial charge is 0.259 e. The highest BCUT2D eigenvalue weighted by molar-refractivity contribution is 6.07. The van der Waals surface area contributed by atoms with Crippen LogP contribution in [0.25, 0.3) is 22.4 Å². The summed E-state index contributed by atoms with van der Waals surface area (Å²) in [7, 11) is 0.